The van der Waals surface area contributed by atoms with E-state index in [0.29, 0.717) is 42.1 Å². The second kappa shape index (κ2) is 11.7. The maximum absolute atomic E-state index is 17.5. The fourth-order valence-electron chi connectivity index (χ4n) is 8.69. The molecule has 6 rings (SSSR count). The van der Waals surface area contributed by atoms with Gasteiger partial charge >= 0.3 is 17.9 Å². The van der Waals surface area contributed by atoms with Gasteiger partial charge in [-0.1, -0.05) is 18.6 Å². The van der Waals surface area contributed by atoms with Crippen LogP contribution in [0.3, 0.4) is 0 Å². The molecular weight excluding hydrogens is 609 g/mol. The number of esters is 3. The second-order valence-electron chi connectivity index (χ2n) is 13.3. The van der Waals surface area contributed by atoms with Crippen molar-refractivity contribution in [3.05, 3.63) is 77.9 Å². The third-order valence-electron chi connectivity index (χ3n) is 11.0. The number of carbonyl (C=O) groups excluding carboxylic acids is 4. The lowest BCUT2D eigenvalue weighted by Gasteiger charge is -2.62. The summed E-state index contributed by atoms with van der Waals surface area (Å²) in [5.74, 6) is -2.13. The van der Waals surface area contributed by atoms with Gasteiger partial charge in [-0.05, 0) is 106 Å². The maximum atomic E-state index is 17.5. The SMILES string of the molecule is CC(=O)Oc1ccc(Oc2ccc(C(=O)O[C@]3(C(=O)OCN)CC[C@H]4[C@@H]5CCC6=CC(=O)C=C[C@]6(C)[C@@]5(F)[C@@H](O)C[C@@]43C)cc2)cc1. The molecule has 10 nitrogen and oxygen atoms in total. The monoisotopic (exact) mass is 647 g/mol. The van der Waals surface area contributed by atoms with Crippen LogP contribution in [0, 0.1) is 22.7 Å². The highest BCUT2D eigenvalue weighted by Crippen LogP contribution is 2.70. The zero-order chi connectivity index (χ0) is 33.8. The largest absolute Gasteiger partial charge is 0.457 e. The Kier molecular flexibility index (Phi) is 8.12. The van der Waals surface area contributed by atoms with Crippen molar-refractivity contribution in [2.24, 2.45) is 28.4 Å². The number of fused-ring (bicyclic) bond motifs is 5. The van der Waals surface area contributed by atoms with Crippen LogP contribution < -0.4 is 15.2 Å². The summed E-state index contributed by atoms with van der Waals surface area (Å²) in [6, 6.07) is 12.6. The van der Waals surface area contributed by atoms with Gasteiger partial charge in [0, 0.05) is 23.7 Å². The zero-order valence-electron chi connectivity index (χ0n) is 26.5. The molecule has 0 heterocycles. The molecule has 3 saturated carbocycles. The quantitative estimate of drug-likeness (QED) is 0.235. The van der Waals surface area contributed by atoms with Gasteiger partial charge in [0.2, 0.25) is 5.60 Å². The molecule has 7 atom stereocenters. The molecule has 0 aliphatic heterocycles. The minimum Gasteiger partial charge on any atom is -0.457 e. The Morgan fingerprint density at radius 1 is 0.979 bits per heavy atom. The van der Waals surface area contributed by atoms with Crippen molar-refractivity contribution in [2.45, 2.75) is 70.2 Å². The molecule has 0 radical (unpaired) electrons. The molecule has 248 valence electrons. The molecule has 0 spiro atoms. The van der Waals surface area contributed by atoms with Crippen LogP contribution in [0.25, 0.3) is 0 Å². The number of halogens is 1. The zero-order valence-corrected chi connectivity index (χ0v) is 26.5. The number of hydrogen-bond acceptors (Lipinski definition) is 10. The van der Waals surface area contributed by atoms with E-state index in [4.69, 9.17) is 24.7 Å². The summed E-state index contributed by atoms with van der Waals surface area (Å²) in [6.07, 6.45) is 3.93. The van der Waals surface area contributed by atoms with E-state index in [9.17, 15) is 24.3 Å². The summed E-state index contributed by atoms with van der Waals surface area (Å²) < 4.78 is 39.8. The van der Waals surface area contributed by atoms with Crippen molar-refractivity contribution < 1.29 is 47.6 Å². The Balaban J connectivity index is 1.26. The summed E-state index contributed by atoms with van der Waals surface area (Å²) in [5, 5.41) is 11.7. The summed E-state index contributed by atoms with van der Waals surface area (Å²) in [4.78, 5) is 50.7. The van der Waals surface area contributed by atoms with Crippen molar-refractivity contribution in [2.75, 3.05) is 6.73 Å². The molecule has 47 heavy (non-hydrogen) atoms. The van der Waals surface area contributed by atoms with Crippen LogP contribution in [0.1, 0.15) is 63.2 Å². The molecule has 11 heteroatoms. The van der Waals surface area contributed by atoms with Crippen molar-refractivity contribution in [3.63, 3.8) is 0 Å². The Hall–Kier alpha value is -4.35. The van der Waals surface area contributed by atoms with Crippen LogP contribution in [-0.4, -0.2) is 52.9 Å². The summed E-state index contributed by atoms with van der Waals surface area (Å²) in [5.41, 5.74) is 0.0873. The number of alkyl halides is 1. The maximum Gasteiger partial charge on any atom is 0.352 e. The lowest BCUT2D eigenvalue weighted by molar-refractivity contribution is -0.225. The topological polar surface area (TPSA) is 151 Å². The first-order valence-electron chi connectivity index (χ1n) is 15.8. The van der Waals surface area contributed by atoms with E-state index < -0.39 is 64.7 Å². The molecule has 0 saturated heterocycles. The number of rotatable bonds is 7. The van der Waals surface area contributed by atoms with Crippen molar-refractivity contribution in [1.82, 2.24) is 0 Å². The lowest BCUT2D eigenvalue weighted by Crippen LogP contribution is -2.69. The molecule has 0 amide bonds. The van der Waals surface area contributed by atoms with Gasteiger partial charge in [-0.2, -0.15) is 0 Å². The fourth-order valence-corrected chi connectivity index (χ4v) is 8.69. The van der Waals surface area contributed by atoms with Crippen molar-refractivity contribution >= 4 is 23.7 Å². The predicted octanol–water partition coefficient (Wildman–Crippen LogP) is 5.13. The Bertz CT molecular complexity index is 1670. The van der Waals surface area contributed by atoms with Gasteiger partial charge in [0.05, 0.1) is 11.7 Å². The first kappa shape index (κ1) is 32.6. The van der Waals surface area contributed by atoms with E-state index in [0.717, 1.165) is 0 Å². The average molecular weight is 648 g/mol. The Labute approximate surface area is 271 Å². The highest BCUT2D eigenvalue weighted by atomic mass is 19.1. The molecule has 3 fully saturated rings. The average Bonchev–Trinajstić information content (AvgIpc) is 3.31. The first-order valence-corrected chi connectivity index (χ1v) is 15.8. The van der Waals surface area contributed by atoms with Crippen LogP contribution in [0.15, 0.2) is 72.3 Å². The molecule has 0 aromatic heterocycles. The summed E-state index contributed by atoms with van der Waals surface area (Å²) in [7, 11) is 0. The van der Waals surface area contributed by atoms with Crippen molar-refractivity contribution in [3.8, 4) is 17.2 Å². The molecule has 3 N–H and O–H groups in total. The first-order chi connectivity index (χ1) is 22.3. The number of benzene rings is 2. The third kappa shape index (κ3) is 5.07. The molecule has 4 aliphatic carbocycles. The van der Waals surface area contributed by atoms with E-state index >= 15 is 4.39 Å². The Morgan fingerprint density at radius 3 is 2.26 bits per heavy atom. The van der Waals surface area contributed by atoms with Crippen LogP contribution in [0.4, 0.5) is 4.39 Å². The highest BCUT2D eigenvalue weighted by molar-refractivity contribution is 6.01. The van der Waals surface area contributed by atoms with Crippen molar-refractivity contribution in [1.29, 1.82) is 0 Å². The normalized spacial score (nSPS) is 33.9. The van der Waals surface area contributed by atoms with Gasteiger partial charge in [0.15, 0.2) is 11.5 Å². The predicted molar refractivity (Wildman–Crippen MR) is 166 cm³/mol. The lowest BCUT2D eigenvalue weighted by atomic mass is 9.45. The third-order valence-corrected chi connectivity index (χ3v) is 11.0. The number of aliphatic hydroxyl groups is 1. The van der Waals surface area contributed by atoms with E-state index in [1.807, 2.05) is 0 Å². The van der Waals surface area contributed by atoms with Gasteiger partial charge in [-0.15, -0.1) is 0 Å². The molecule has 0 unspecified atom stereocenters. The van der Waals surface area contributed by atoms with E-state index in [1.165, 1.54) is 31.2 Å². The molecule has 0 bridgehead atoms. The van der Waals surface area contributed by atoms with Crippen LogP contribution in [0.2, 0.25) is 0 Å². The molecule has 2 aromatic rings. The number of allylic oxidation sites excluding steroid dienone is 4. The van der Waals surface area contributed by atoms with Crippen LogP contribution in [-0.2, 0) is 23.9 Å². The van der Waals surface area contributed by atoms with Crippen LogP contribution in [0.5, 0.6) is 17.2 Å². The van der Waals surface area contributed by atoms with Gasteiger partial charge < -0.3 is 24.1 Å². The summed E-state index contributed by atoms with van der Waals surface area (Å²) in [6.45, 7) is 4.34. The molecule has 2 aromatic carbocycles. The fraction of sp³-hybridized carbons (Fsp3) is 0.444. The standard InChI is InChI=1S/C36H38FNO9/c1-21(39)45-25-9-11-27(12-10-25)46-26-7-4-22(5-8-26)31(42)47-35(32(43)44-20-38)17-15-28-29-13-6-23-18-24(40)14-16-33(23,2)36(29,37)30(41)19-34(28,35)3/h4-5,7-12,14,16,18,28-30,41H,6,13,15,17,19-20,38H2,1-3H3/t28-,29-,30-,33-,34-,35-,36-/m0/s1. The van der Waals surface area contributed by atoms with Crippen LogP contribution >= 0.6 is 0 Å². The van der Waals surface area contributed by atoms with E-state index in [-0.39, 0.29) is 24.2 Å². The number of nitrogens with two attached hydrogens (primary N) is 1. The smallest absolute Gasteiger partial charge is 0.352 e. The van der Waals surface area contributed by atoms with Gasteiger partial charge in [-0.25, -0.2) is 14.0 Å². The number of hydrogen-bond donors (Lipinski definition) is 2. The number of carbonyl (C=O) groups is 4. The number of ether oxygens (including phenoxy) is 4. The Morgan fingerprint density at radius 2 is 1.62 bits per heavy atom. The number of ketones is 1. The highest BCUT2D eigenvalue weighted by Gasteiger charge is 2.76. The van der Waals surface area contributed by atoms with E-state index in [2.05, 4.69) is 0 Å². The van der Waals surface area contributed by atoms with Gasteiger partial charge in [0.25, 0.3) is 0 Å². The molecule has 4 aliphatic rings. The minimum atomic E-state index is -2.10. The second-order valence-corrected chi connectivity index (χ2v) is 13.3. The molecular formula is C36H38FNO9. The minimum absolute atomic E-state index is 0.0658. The van der Waals surface area contributed by atoms with Gasteiger partial charge in [0.1, 0.15) is 24.0 Å². The van der Waals surface area contributed by atoms with E-state index in [1.54, 1.807) is 56.3 Å². The van der Waals surface area contributed by atoms with Gasteiger partial charge in [-0.3, -0.25) is 15.3 Å². The number of aliphatic hydroxyl groups excluding tert-OH is 1. The summed E-state index contributed by atoms with van der Waals surface area (Å²) >= 11 is 0.